The summed E-state index contributed by atoms with van der Waals surface area (Å²) >= 11 is 0. The summed E-state index contributed by atoms with van der Waals surface area (Å²) in [4.78, 5) is 17.5. The molecule has 4 aliphatic heterocycles. The van der Waals surface area contributed by atoms with Gasteiger partial charge in [-0.05, 0) is 87.2 Å². The van der Waals surface area contributed by atoms with E-state index in [2.05, 4.69) is 45.4 Å². The predicted molar refractivity (Wildman–Crippen MR) is 122 cm³/mol. The Bertz CT molecular complexity index is 830. The van der Waals surface area contributed by atoms with Crippen LogP contribution in [0.4, 0.5) is 0 Å². The third kappa shape index (κ3) is 5.04. The molecule has 5 heterocycles. The highest BCUT2D eigenvalue weighted by Crippen LogP contribution is 2.37. The first-order valence-corrected chi connectivity index (χ1v) is 12.1. The quantitative estimate of drug-likeness (QED) is 0.741. The lowest BCUT2D eigenvalue weighted by molar-refractivity contribution is -0.0152. The van der Waals surface area contributed by atoms with E-state index >= 15 is 0 Å². The van der Waals surface area contributed by atoms with Crippen LogP contribution in [0.5, 0.6) is 0 Å². The van der Waals surface area contributed by atoms with Gasteiger partial charge in [-0.2, -0.15) is 0 Å². The van der Waals surface area contributed by atoms with E-state index in [4.69, 9.17) is 4.42 Å². The largest absolute Gasteiger partial charge is 0.459 e. The Labute approximate surface area is 185 Å². The number of piperidine rings is 4. The molecular formula is C26H35N3O2. The number of fused-ring (bicyclic) bond motifs is 3. The van der Waals surface area contributed by atoms with Crippen LogP contribution >= 0.6 is 0 Å². The van der Waals surface area contributed by atoms with E-state index in [0.717, 1.165) is 24.3 Å². The van der Waals surface area contributed by atoms with Crippen molar-refractivity contribution in [3.63, 3.8) is 0 Å². The van der Waals surface area contributed by atoms with Crippen molar-refractivity contribution in [3.8, 4) is 0 Å². The molecule has 1 amide bonds. The molecule has 31 heavy (non-hydrogen) atoms. The standard InChI is InChI=1S/C26H35N3O2/c30-26(25-7-4-14-31-25)27-17-24-16-22-10-13-29(24)19-23(22)18-28-11-8-21(9-12-28)15-20-5-2-1-3-6-20/h1-7,14,21-24H,8-13,15-19H2,(H,27,30)/t22-,23+,24+/m0/s1. The molecule has 0 aliphatic carbocycles. The molecule has 0 saturated carbocycles. The first-order valence-electron chi connectivity index (χ1n) is 12.1. The zero-order chi connectivity index (χ0) is 21.0. The summed E-state index contributed by atoms with van der Waals surface area (Å²) in [6.45, 7) is 6.86. The van der Waals surface area contributed by atoms with Crippen molar-refractivity contribution in [2.24, 2.45) is 17.8 Å². The number of likely N-dealkylation sites (tertiary alicyclic amines) is 1. The SMILES string of the molecule is O=C(NC[C@H]1C[C@@H]2CCN1C[C@H]2CN1CCC(Cc2ccccc2)CC1)c1ccco1. The number of hydrogen-bond donors (Lipinski definition) is 1. The fraction of sp³-hybridized carbons (Fsp3) is 0.577. The van der Waals surface area contributed by atoms with Gasteiger partial charge in [0.05, 0.1) is 6.26 Å². The summed E-state index contributed by atoms with van der Waals surface area (Å²) in [7, 11) is 0. The Balaban J connectivity index is 1.06. The predicted octanol–water partition coefficient (Wildman–Crippen LogP) is 3.67. The highest BCUT2D eigenvalue weighted by molar-refractivity contribution is 5.91. The molecule has 1 unspecified atom stereocenters. The van der Waals surface area contributed by atoms with Gasteiger partial charge in [0.15, 0.2) is 5.76 Å². The highest BCUT2D eigenvalue weighted by atomic mass is 16.3. The molecule has 5 heteroatoms. The lowest BCUT2D eigenvalue weighted by Crippen LogP contribution is -2.58. The Morgan fingerprint density at radius 1 is 1.03 bits per heavy atom. The first kappa shape index (κ1) is 20.8. The third-order valence-electron chi connectivity index (χ3n) is 7.82. The maximum absolute atomic E-state index is 12.2. The normalized spacial score (nSPS) is 29.2. The number of hydrogen-bond acceptors (Lipinski definition) is 4. The lowest BCUT2D eigenvalue weighted by atomic mass is 9.75. The van der Waals surface area contributed by atoms with Crippen LogP contribution in [0.2, 0.25) is 0 Å². The number of furan rings is 1. The van der Waals surface area contributed by atoms with E-state index < -0.39 is 0 Å². The van der Waals surface area contributed by atoms with Crippen molar-refractivity contribution in [3.05, 3.63) is 60.1 Å². The molecule has 4 fully saturated rings. The Kier molecular flexibility index (Phi) is 6.42. The summed E-state index contributed by atoms with van der Waals surface area (Å²) < 4.78 is 5.21. The van der Waals surface area contributed by atoms with Crippen LogP contribution in [-0.4, -0.2) is 61.0 Å². The topological polar surface area (TPSA) is 48.7 Å². The number of nitrogens with one attached hydrogen (secondary N) is 1. The van der Waals surface area contributed by atoms with Gasteiger partial charge in [0.1, 0.15) is 0 Å². The maximum atomic E-state index is 12.2. The molecule has 1 N–H and O–H groups in total. The van der Waals surface area contributed by atoms with Crippen LogP contribution in [0.25, 0.3) is 0 Å². The second-order valence-electron chi connectivity index (χ2n) is 9.81. The monoisotopic (exact) mass is 421 g/mol. The van der Waals surface area contributed by atoms with Crippen molar-refractivity contribution in [1.29, 1.82) is 0 Å². The second kappa shape index (κ2) is 9.58. The van der Waals surface area contributed by atoms with Gasteiger partial charge in [-0.25, -0.2) is 0 Å². The van der Waals surface area contributed by atoms with E-state index in [1.54, 1.807) is 18.4 Å². The average molecular weight is 422 g/mol. The summed E-state index contributed by atoms with van der Waals surface area (Å²) in [6, 6.07) is 14.9. The molecule has 2 bridgehead atoms. The highest BCUT2D eigenvalue weighted by Gasteiger charge is 2.40. The van der Waals surface area contributed by atoms with Crippen LogP contribution < -0.4 is 5.32 Å². The number of benzene rings is 1. The maximum Gasteiger partial charge on any atom is 0.287 e. The van der Waals surface area contributed by atoms with Gasteiger partial charge in [0, 0.05) is 25.7 Å². The average Bonchev–Trinajstić information content (AvgIpc) is 3.35. The number of rotatable bonds is 7. The van der Waals surface area contributed by atoms with Crippen molar-refractivity contribution in [2.45, 2.75) is 38.1 Å². The van der Waals surface area contributed by atoms with Gasteiger partial charge < -0.3 is 14.6 Å². The first-order chi connectivity index (χ1) is 15.2. The van der Waals surface area contributed by atoms with Crippen molar-refractivity contribution in [1.82, 2.24) is 15.1 Å². The fourth-order valence-electron chi connectivity index (χ4n) is 6.03. The third-order valence-corrected chi connectivity index (χ3v) is 7.82. The summed E-state index contributed by atoms with van der Waals surface area (Å²) in [6.07, 6.45) is 7.98. The lowest BCUT2D eigenvalue weighted by Gasteiger charge is -2.51. The Morgan fingerprint density at radius 2 is 1.87 bits per heavy atom. The number of nitrogens with zero attached hydrogens (tertiary/aromatic N) is 2. The van der Waals surface area contributed by atoms with Gasteiger partial charge in [-0.15, -0.1) is 0 Å². The van der Waals surface area contributed by atoms with Gasteiger partial charge in [0.25, 0.3) is 5.91 Å². The zero-order valence-electron chi connectivity index (χ0n) is 18.4. The fourth-order valence-corrected chi connectivity index (χ4v) is 6.03. The van der Waals surface area contributed by atoms with Gasteiger partial charge >= 0.3 is 0 Å². The number of amides is 1. The Hall–Kier alpha value is -2.11. The van der Waals surface area contributed by atoms with E-state index in [0.29, 0.717) is 11.8 Å². The molecule has 2 aromatic rings. The summed E-state index contributed by atoms with van der Waals surface area (Å²) in [5.41, 5.74) is 1.49. The molecule has 166 valence electrons. The van der Waals surface area contributed by atoms with E-state index in [1.165, 1.54) is 70.4 Å². The minimum atomic E-state index is -0.0948. The second-order valence-corrected chi connectivity index (χ2v) is 9.81. The molecule has 0 spiro atoms. The van der Waals surface area contributed by atoms with Crippen LogP contribution in [0.3, 0.4) is 0 Å². The zero-order valence-corrected chi connectivity index (χ0v) is 18.4. The van der Waals surface area contributed by atoms with Crippen LogP contribution in [0, 0.1) is 17.8 Å². The van der Waals surface area contributed by atoms with Crippen LogP contribution in [0.15, 0.2) is 53.1 Å². The molecule has 0 radical (unpaired) electrons. The van der Waals surface area contributed by atoms with E-state index in [-0.39, 0.29) is 5.91 Å². The Morgan fingerprint density at radius 3 is 2.58 bits per heavy atom. The molecule has 5 nitrogen and oxygen atoms in total. The van der Waals surface area contributed by atoms with Gasteiger partial charge in [-0.1, -0.05) is 30.3 Å². The molecule has 1 aromatic heterocycles. The molecule has 4 aliphatic rings. The van der Waals surface area contributed by atoms with E-state index in [9.17, 15) is 4.79 Å². The van der Waals surface area contributed by atoms with Crippen molar-refractivity contribution in [2.75, 3.05) is 39.3 Å². The van der Waals surface area contributed by atoms with E-state index in [1.807, 2.05) is 0 Å². The number of carbonyl (C=O) groups is 1. The number of carbonyl (C=O) groups excluding carboxylic acids is 1. The van der Waals surface area contributed by atoms with Crippen LogP contribution in [0.1, 0.15) is 41.8 Å². The van der Waals surface area contributed by atoms with Gasteiger partial charge in [0.2, 0.25) is 0 Å². The molecular weight excluding hydrogens is 386 g/mol. The molecule has 6 rings (SSSR count). The summed E-state index contributed by atoms with van der Waals surface area (Å²) in [5, 5.41) is 3.08. The van der Waals surface area contributed by atoms with Crippen molar-refractivity contribution >= 4 is 5.91 Å². The minimum absolute atomic E-state index is 0.0948. The molecule has 4 atom stereocenters. The smallest absolute Gasteiger partial charge is 0.287 e. The van der Waals surface area contributed by atoms with Crippen molar-refractivity contribution < 1.29 is 9.21 Å². The minimum Gasteiger partial charge on any atom is -0.459 e. The van der Waals surface area contributed by atoms with Crippen LogP contribution in [-0.2, 0) is 6.42 Å². The molecule has 4 saturated heterocycles. The molecule has 1 aromatic carbocycles. The summed E-state index contributed by atoms with van der Waals surface area (Å²) in [5.74, 6) is 2.74. The van der Waals surface area contributed by atoms with Gasteiger partial charge in [-0.3, -0.25) is 9.69 Å².